The number of hydrogen-bond donors (Lipinski definition) is 5. The monoisotopic (exact) mass is 333 g/mol. The summed E-state index contributed by atoms with van der Waals surface area (Å²) < 4.78 is 0. The smallest absolute Gasteiger partial charge is 0.326 e. The molecule has 1 aromatic carbocycles. The minimum Gasteiger partial charge on any atom is -0.481 e. The van der Waals surface area contributed by atoms with Crippen molar-refractivity contribution in [2.75, 3.05) is 0 Å². The summed E-state index contributed by atoms with van der Waals surface area (Å²) in [4.78, 5) is 37.4. The van der Waals surface area contributed by atoms with Crippen LogP contribution < -0.4 is 11.1 Å². The van der Waals surface area contributed by atoms with E-state index in [4.69, 9.17) is 10.8 Å². The predicted octanol–water partition coefficient (Wildman–Crippen LogP) is 0.328. The van der Waals surface area contributed by atoms with Gasteiger partial charge in [-0.3, -0.25) is 9.59 Å². The highest BCUT2D eigenvalue weighted by Gasteiger charge is 2.30. The highest BCUT2D eigenvalue weighted by Crippen LogP contribution is 2.19. The van der Waals surface area contributed by atoms with E-state index in [1.807, 2.05) is 24.3 Å². The molecule has 3 unspecified atom stereocenters. The summed E-state index contributed by atoms with van der Waals surface area (Å²) >= 11 is 0. The van der Waals surface area contributed by atoms with Crippen molar-refractivity contribution in [3.8, 4) is 0 Å². The van der Waals surface area contributed by atoms with Crippen molar-refractivity contribution in [1.29, 1.82) is 0 Å². The normalized spacial score (nSPS) is 14.8. The van der Waals surface area contributed by atoms with Gasteiger partial charge in [0.25, 0.3) is 0 Å². The number of carboxylic acids is 2. The summed E-state index contributed by atoms with van der Waals surface area (Å²) in [7, 11) is 0. The van der Waals surface area contributed by atoms with E-state index in [2.05, 4.69) is 10.3 Å². The van der Waals surface area contributed by atoms with Gasteiger partial charge in [-0.2, -0.15) is 0 Å². The summed E-state index contributed by atoms with van der Waals surface area (Å²) in [5.74, 6) is -4.37. The van der Waals surface area contributed by atoms with Gasteiger partial charge in [0, 0.05) is 23.5 Å². The largest absolute Gasteiger partial charge is 0.481 e. The van der Waals surface area contributed by atoms with Crippen molar-refractivity contribution in [2.24, 2.45) is 11.7 Å². The number of benzene rings is 1. The Balaban J connectivity index is 2.14. The molecule has 24 heavy (non-hydrogen) atoms. The van der Waals surface area contributed by atoms with E-state index in [0.717, 1.165) is 16.5 Å². The Morgan fingerprint density at radius 1 is 1.21 bits per heavy atom. The average Bonchev–Trinajstić information content (AvgIpc) is 2.95. The first-order valence-corrected chi connectivity index (χ1v) is 7.37. The van der Waals surface area contributed by atoms with E-state index in [1.165, 1.54) is 6.92 Å². The molecule has 0 spiro atoms. The zero-order chi connectivity index (χ0) is 17.9. The Bertz CT molecular complexity index is 770. The molecule has 0 bridgehead atoms. The van der Waals surface area contributed by atoms with Crippen molar-refractivity contribution >= 4 is 28.7 Å². The molecular formula is C16H19N3O5. The molecule has 3 atom stereocenters. The van der Waals surface area contributed by atoms with Crippen LogP contribution in [-0.4, -0.2) is 45.1 Å². The number of carboxylic acid groups (broad SMARTS) is 2. The number of para-hydroxylation sites is 1. The second-order valence-electron chi connectivity index (χ2n) is 5.62. The molecule has 0 aliphatic carbocycles. The van der Waals surface area contributed by atoms with Crippen LogP contribution in [0.4, 0.5) is 0 Å². The van der Waals surface area contributed by atoms with E-state index in [9.17, 15) is 19.5 Å². The third-order valence-electron chi connectivity index (χ3n) is 3.94. The average molecular weight is 333 g/mol. The number of H-pyrrole nitrogens is 1. The number of fused-ring (bicyclic) bond motifs is 1. The van der Waals surface area contributed by atoms with Gasteiger partial charge >= 0.3 is 11.9 Å². The number of aromatic nitrogens is 1. The van der Waals surface area contributed by atoms with Crippen molar-refractivity contribution in [3.05, 3.63) is 36.0 Å². The van der Waals surface area contributed by atoms with Crippen LogP contribution in [0.1, 0.15) is 12.5 Å². The molecule has 1 amide bonds. The molecule has 128 valence electrons. The van der Waals surface area contributed by atoms with Crippen LogP contribution in [0.5, 0.6) is 0 Å². The highest BCUT2D eigenvalue weighted by atomic mass is 16.4. The maximum atomic E-state index is 12.0. The number of nitrogens with two attached hydrogens (primary N) is 1. The number of amides is 1. The summed E-state index contributed by atoms with van der Waals surface area (Å²) in [5.41, 5.74) is 7.18. The fourth-order valence-corrected chi connectivity index (χ4v) is 2.37. The summed E-state index contributed by atoms with van der Waals surface area (Å²) in [6.45, 7) is 1.29. The van der Waals surface area contributed by atoms with E-state index >= 15 is 0 Å². The van der Waals surface area contributed by atoms with Crippen LogP contribution in [0.3, 0.4) is 0 Å². The topological polar surface area (TPSA) is 146 Å². The lowest BCUT2D eigenvalue weighted by molar-refractivity contribution is -0.145. The van der Waals surface area contributed by atoms with E-state index in [-0.39, 0.29) is 6.42 Å². The van der Waals surface area contributed by atoms with Crippen molar-refractivity contribution in [1.82, 2.24) is 10.3 Å². The fraction of sp³-hybridized carbons (Fsp3) is 0.312. The molecule has 0 saturated heterocycles. The first-order valence-electron chi connectivity index (χ1n) is 7.37. The first-order chi connectivity index (χ1) is 11.3. The molecule has 1 heterocycles. The van der Waals surface area contributed by atoms with Crippen LogP contribution in [0.15, 0.2) is 30.5 Å². The number of aromatic amines is 1. The lowest BCUT2D eigenvalue weighted by Crippen LogP contribution is -2.52. The molecule has 8 heteroatoms. The number of aliphatic carboxylic acids is 2. The first kappa shape index (κ1) is 17.5. The molecule has 2 rings (SSSR count). The molecule has 0 radical (unpaired) electrons. The van der Waals surface area contributed by atoms with Gasteiger partial charge in [0.1, 0.15) is 6.04 Å². The summed E-state index contributed by atoms with van der Waals surface area (Å²) in [6.07, 6.45) is 1.74. The van der Waals surface area contributed by atoms with Gasteiger partial charge in [0.15, 0.2) is 0 Å². The van der Waals surface area contributed by atoms with Crippen LogP contribution in [-0.2, 0) is 20.8 Å². The Hall–Kier alpha value is -2.87. The van der Waals surface area contributed by atoms with Crippen LogP contribution in [0.25, 0.3) is 10.9 Å². The molecule has 1 aromatic heterocycles. The van der Waals surface area contributed by atoms with Gasteiger partial charge < -0.3 is 26.2 Å². The Morgan fingerprint density at radius 2 is 1.88 bits per heavy atom. The lowest BCUT2D eigenvalue weighted by Gasteiger charge is -2.19. The number of carbonyl (C=O) groups excluding carboxylic acids is 1. The lowest BCUT2D eigenvalue weighted by atomic mass is 10.0. The molecule has 0 aliphatic rings. The third-order valence-corrected chi connectivity index (χ3v) is 3.94. The molecule has 0 aliphatic heterocycles. The van der Waals surface area contributed by atoms with E-state index < -0.39 is 35.8 Å². The predicted molar refractivity (Wildman–Crippen MR) is 86.3 cm³/mol. The van der Waals surface area contributed by atoms with Gasteiger partial charge in [-0.05, 0) is 18.6 Å². The number of hydrogen-bond acceptors (Lipinski definition) is 4. The zero-order valence-corrected chi connectivity index (χ0v) is 13.0. The molecule has 6 N–H and O–H groups in total. The minimum absolute atomic E-state index is 0.0548. The second-order valence-corrected chi connectivity index (χ2v) is 5.62. The van der Waals surface area contributed by atoms with Crippen LogP contribution >= 0.6 is 0 Å². The maximum absolute atomic E-state index is 12.0. The standard InChI is InChI=1S/C16H19N3O5/c1-8(15(21)22)13(17)14(20)19-12(16(23)24)6-9-7-18-11-5-3-2-4-10(9)11/h2-5,7-8,12-13,18H,6,17H2,1H3,(H,19,20)(H,21,22)(H,23,24). The number of rotatable bonds is 7. The molecule has 0 saturated carbocycles. The minimum atomic E-state index is -1.33. The van der Waals surface area contributed by atoms with Crippen LogP contribution in [0.2, 0.25) is 0 Å². The summed E-state index contributed by atoms with van der Waals surface area (Å²) in [6, 6.07) is 4.86. The van der Waals surface area contributed by atoms with E-state index in [1.54, 1.807) is 6.20 Å². The van der Waals surface area contributed by atoms with Crippen molar-refractivity contribution < 1.29 is 24.6 Å². The number of nitrogens with one attached hydrogen (secondary N) is 2. The van der Waals surface area contributed by atoms with Gasteiger partial charge in [0.2, 0.25) is 5.91 Å². The quantitative estimate of drug-likeness (QED) is 0.493. The van der Waals surface area contributed by atoms with Crippen molar-refractivity contribution in [3.63, 3.8) is 0 Å². The second kappa shape index (κ2) is 7.14. The molecular weight excluding hydrogens is 314 g/mol. The third kappa shape index (κ3) is 3.72. The Kier molecular flexibility index (Phi) is 5.20. The maximum Gasteiger partial charge on any atom is 0.326 e. The Morgan fingerprint density at radius 3 is 2.50 bits per heavy atom. The van der Waals surface area contributed by atoms with Crippen molar-refractivity contribution in [2.45, 2.75) is 25.4 Å². The highest BCUT2D eigenvalue weighted by molar-refractivity contribution is 5.91. The molecule has 0 fully saturated rings. The van der Waals surface area contributed by atoms with E-state index in [0.29, 0.717) is 0 Å². The van der Waals surface area contributed by atoms with Gasteiger partial charge in [-0.1, -0.05) is 18.2 Å². The molecule has 2 aromatic rings. The SMILES string of the molecule is CC(C(=O)O)C(N)C(=O)NC(Cc1c[nH]c2ccccc12)C(=O)O. The zero-order valence-electron chi connectivity index (χ0n) is 13.0. The van der Waals surface area contributed by atoms with Gasteiger partial charge in [-0.25, -0.2) is 4.79 Å². The molecule has 8 nitrogen and oxygen atoms in total. The Labute approximate surface area is 137 Å². The van der Waals surface area contributed by atoms with Gasteiger partial charge in [-0.15, -0.1) is 0 Å². The van der Waals surface area contributed by atoms with Crippen LogP contribution in [0, 0.1) is 5.92 Å². The van der Waals surface area contributed by atoms with Gasteiger partial charge in [0.05, 0.1) is 12.0 Å². The summed E-state index contributed by atoms with van der Waals surface area (Å²) in [5, 5.41) is 21.4. The number of carbonyl (C=O) groups is 3. The fourth-order valence-electron chi connectivity index (χ4n) is 2.37.